The van der Waals surface area contributed by atoms with E-state index in [1.165, 1.54) is 12.8 Å². The van der Waals surface area contributed by atoms with Gasteiger partial charge in [0.1, 0.15) is 5.01 Å². The molecule has 88 valence electrons. The second kappa shape index (κ2) is 5.68. The van der Waals surface area contributed by atoms with Crippen LogP contribution in [0.3, 0.4) is 0 Å². The molecule has 1 aromatic rings. The zero-order valence-electron chi connectivity index (χ0n) is 9.69. The van der Waals surface area contributed by atoms with E-state index < -0.39 is 0 Å². The number of aryl methyl sites for hydroxylation is 1. The maximum absolute atomic E-state index is 4.50. The molecule has 2 rings (SSSR count). The van der Waals surface area contributed by atoms with Gasteiger partial charge in [-0.15, -0.1) is 11.3 Å². The van der Waals surface area contributed by atoms with E-state index in [1.807, 2.05) is 18.7 Å². The number of hydrogen-bond donors (Lipinski definition) is 1. The molecule has 16 heavy (non-hydrogen) atoms. The molecule has 1 aliphatic heterocycles. The van der Waals surface area contributed by atoms with Crippen LogP contribution in [0.4, 0.5) is 0 Å². The molecule has 0 saturated carbocycles. The Morgan fingerprint density at radius 2 is 2.44 bits per heavy atom. The van der Waals surface area contributed by atoms with Crippen molar-refractivity contribution in [2.45, 2.75) is 38.5 Å². The number of hydrogen-bond acceptors (Lipinski definition) is 5. The molecule has 0 bridgehead atoms. The van der Waals surface area contributed by atoms with Crippen molar-refractivity contribution in [2.75, 3.05) is 6.54 Å². The van der Waals surface area contributed by atoms with E-state index in [0.29, 0.717) is 5.25 Å². The lowest BCUT2D eigenvalue weighted by atomic mass is 10.2. The molecule has 1 unspecified atom stereocenters. The molecule has 0 aromatic carbocycles. The summed E-state index contributed by atoms with van der Waals surface area (Å²) in [7, 11) is 0. The molecule has 2 heterocycles. The zero-order valence-corrected chi connectivity index (χ0v) is 11.3. The van der Waals surface area contributed by atoms with Crippen LogP contribution in [-0.4, -0.2) is 21.9 Å². The molecule has 1 aromatic heterocycles. The van der Waals surface area contributed by atoms with Crippen LogP contribution in [0.5, 0.6) is 0 Å². The van der Waals surface area contributed by atoms with Crippen LogP contribution in [-0.2, 0) is 6.54 Å². The van der Waals surface area contributed by atoms with Gasteiger partial charge in [0, 0.05) is 16.3 Å². The average Bonchev–Trinajstić information content (AvgIpc) is 2.85. The van der Waals surface area contributed by atoms with E-state index in [9.17, 15) is 0 Å². The number of thiazole rings is 1. The number of thioether (sulfide) groups is 1. The van der Waals surface area contributed by atoms with Crippen LogP contribution in [0.25, 0.3) is 0 Å². The normalized spacial score (nSPS) is 19.9. The maximum Gasteiger partial charge on any atom is 0.157 e. The fourth-order valence-electron chi connectivity index (χ4n) is 1.62. The van der Waals surface area contributed by atoms with Gasteiger partial charge < -0.3 is 5.32 Å². The highest BCUT2D eigenvalue weighted by molar-refractivity contribution is 8.14. The van der Waals surface area contributed by atoms with Gasteiger partial charge in [0.15, 0.2) is 5.17 Å². The van der Waals surface area contributed by atoms with Crippen LogP contribution >= 0.6 is 23.1 Å². The quantitative estimate of drug-likeness (QED) is 0.899. The predicted molar refractivity (Wildman–Crippen MR) is 72.3 cm³/mol. The molecular formula is C11H17N3S2. The molecule has 1 N–H and O–H groups in total. The van der Waals surface area contributed by atoms with Gasteiger partial charge in [0.05, 0.1) is 13.1 Å². The highest BCUT2D eigenvalue weighted by Gasteiger charge is 2.18. The molecule has 0 radical (unpaired) electrons. The van der Waals surface area contributed by atoms with Crippen LogP contribution in [0.1, 0.15) is 30.5 Å². The van der Waals surface area contributed by atoms with E-state index >= 15 is 0 Å². The molecule has 0 spiro atoms. The fourth-order valence-corrected chi connectivity index (χ4v) is 3.46. The minimum Gasteiger partial charge on any atom is -0.358 e. The monoisotopic (exact) mass is 255 g/mol. The Balaban J connectivity index is 1.75. The highest BCUT2D eigenvalue weighted by Crippen LogP contribution is 2.23. The Hall–Kier alpha value is -0.550. The van der Waals surface area contributed by atoms with Crippen molar-refractivity contribution >= 4 is 28.3 Å². The Bertz CT molecular complexity index is 373. The number of nitrogens with zero attached hydrogens (tertiary/aromatic N) is 2. The molecule has 0 aliphatic carbocycles. The molecule has 1 aliphatic rings. The minimum atomic E-state index is 0.686. The first-order chi connectivity index (χ1) is 7.78. The summed E-state index contributed by atoms with van der Waals surface area (Å²) >= 11 is 3.58. The van der Waals surface area contributed by atoms with Crippen molar-refractivity contribution in [1.82, 2.24) is 10.3 Å². The highest BCUT2D eigenvalue weighted by atomic mass is 32.2. The summed E-state index contributed by atoms with van der Waals surface area (Å²) in [6.07, 6.45) is 2.50. The van der Waals surface area contributed by atoms with Crippen molar-refractivity contribution in [3.05, 3.63) is 16.1 Å². The van der Waals surface area contributed by atoms with E-state index in [0.717, 1.165) is 29.0 Å². The van der Waals surface area contributed by atoms with E-state index in [4.69, 9.17) is 0 Å². The summed E-state index contributed by atoms with van der Waals surface area (Å²) in [5.41, 5.74) is 1.10. The number of aromatic nitrogens is 1. The van der Waals surface area contributed by atoms with Gasteiger partial charge >= 0.3 is 0 Å². The first-order valence-corrected chi connectivity index (χ1v) is 7.40. The van der Waals surface area contributed by atoms with Crippen LogP contribution in [0.15, 0.2) is 10.4 Å². The molecule has 3 nitrogen and oxygen atoms in total. The third-order valence-corrected chi connectivity index (χ3v) is 4.57. The third-order valence-electron chi connectivity index (χ3n) is 2.38. The first kappa shape index (κ1) is 11.9. The van der Waals surface area contributed by atoms with Crippen LogP contribution in [0, 0.1) is 6.92 Å². The van der Waals surface area contributed by atoms with Crippen molar-refractivity contribution in [3.63, 3.8) is 0 Å². The Morgan fingerprint density at radius 1 is 1.56 bits per heavy atom. The number of nitrogens with one attached hydrogen (secondary N) is 1. The summed E-state index contributed by atoms with van der Waals surface area (Å²) in [5.74, 6) is 0. The summed E-state index contributed by atoms with van der Waals surface area (Å²) < 4.78 is 0. The second-order valence-corrected chi connectivity index (χ2v) is 6.14. The zero-order chi connectivity index (χ0) is 11.4. The van der Waals surface area contributed by atoms with Crippen LogP contribution < -0.4 is 5.32 Å². The van der Waals surface area contributed by atoms with Gasteiger partial charge in [0.25, 0.3) is 0 Å². The Kier molecular flexibility index (Phi) is 4.23. The van der Waals surface area contributed by atoms with E-state index in [-0.39, 0.29) is 0 Å². The number of amidine groups is 1. The van der Waals surface area contributed by atoms with Crippen molar-refractivity contribution in [1.29, 1.82) is 0 Å². The van der Waals surface area contributed by atoms with Gasteiger partial charge in [-0.25, -0.2) is 4.98 Å². The third kappa shape index (κ3) is 3.22. The summed E-state index contributed by atoms with van der Waals surface area (Å²) in [6.45, 7) is 6.03. The van der Waals surface area contributed by atoms with Gasteiger partial charge in [-0.3, -0.25) is 4.99 Å². The predicted octanol–water partition coefficient (Wildman–Crippen LogP) is 2.81. The first-order valence-electron chi connectivity index (χ1n) is 5.64. The smallest absolute Gasteiger partial charge is 0.157 e. The van der Waals surface area contributed by atoms with Crippen LogP contribution in [0.2, 0.25) is 0 Å². The van der Waals surface area contributed by atoms with Gasteiger partial charge in [-0.2, -0.15) is 0 Å². The standard InChI is InChI=1S/C11H17N3S2/c1-3-4-9-5-12-11(16-9)13-6-10-14-8(2)7-15-10/h7,9H,3-6H2,1-2H3,(H,12,13). The largest absolute Gasteiger partial charge is 0.358 e. The fraction of sp³-hybridized carbons (Fsp3) is 0.636. The van der Waals surface area contributed by atoms with Crippen molar-refractivity contribution in [3.8, 4) is 0 Å². The SMILES string of the molecule is CCCC1CN=C(NCc2nc(C)cs2)S1. The molecule has 1 atom stereocenters. The topological polar surface area (TPSA) is 37.3 Å². The molecule has 0 saturated heterocycles. The van der Waals surface area contributed by atoms with Gasteiger partial charge in [-0.05, 0) is 13.3 Å². The lowest BCUT2D eigenvalue weighted by Gasteiger charge is -2.06. The van der Waals surface area contributed by atoms with E-state index in [2.05, 4.69) is 27.6 Å². The second-order valence-electron chi connectivity index (χ2n) is 3.91. The summed E-state index contributed by atoms with van der Waals surface area (Å²) in [4.78, 5) is 8.92. The Labute approximate surface area is 105 Å². The van der Waals surface area contributed by atoms with Crippen molar-refractivity contribution < 1.29 is 0 Å². The average molecular weight is 255 g/mol. The summed E-state index contributed by atoms with van der Waals surface area (Å²) in [6, 6.07) is 0. The number of aliphatic imine (C=N–C) groups is 1. The molecular weight excluding hydrogens is 238 g/mol. The molecule has 5 heteroatoms. The summed E-state index contributed by atoms with van der Waals surface area (Å²) in [5, 5.41) is 8.36. The lowest BCUT2D eigenvalue weighted by Crippen LogP contribution is -2.18. The van der Waals surface area contributed by atoms with Gasteiger partial charge in [0.2, 0.25) is 0 Å². The van der Waals surface area contributed by atoms with E-state index in [1.54, 1.807) is 11.3 Å². The number of rotatable bonds is 4. The van der Waals surface area contributed by atoms with Crippen molar-refractivity contribution in [2.24, 2.45) is 4.99 Å². The lowest BCUT2D eigenvalue weighted by molar-refractivity contribution is 0.753. The maximum atomic E-state index is 4.50. The molecule has 0 fully saturated rings. The molecule has 0 amide bonds. The van der Waals surface area contributed by atoms with Gasteiger partial charge in [-0.1, -0.05) is 25.1 Å². The minimum absolute atomic E-state index is 0.686. The Morgan fingerprint density at radius 3 is 3.12 bits per heavy atom.